The van der Waals surface area contributed by atoms with Crippen molar-refractivity contribution in [3.63, 3.8) is 0 Å². The van der Waals surface area contributed by atoms with E-state index in [1.165, 1.54) is 33.4 Å². The van der Waals surface area contributed by atoms with Gasteiger partial charge in [0.15, 0.2) is 17.5 Å². The summed E-state index contributed by atoms with van der Waals surface area (Å²) < 4.78 is 0. The van der Waals surface area contributed by atoms with Crippen molar-refractivity contribution < 1.29 is 0 Å². The SMILES string of the molecule is C1=CC(C2(c3ccccc3)c3ccccc3-c3ccc(-c4nc(-c5ccccc5)nc(-c5ccccc5)n4)cc32)=CCC1. The second kappa shape index (κ2) is 10.5. The zero-order chi connectivity index (χ0) is 28.6. The van der Waals surface area contributed by atoms with Gasteiger partial charge in [-0.15, -0.1) is 0 Å². The first-order valence-electron chi connectivity index (χ1n) is 14.9. The first-order valence-corrected chi connectivity index (χ1v) is 14.9. The van der Waals surface area contributed by atoms with Crippen molar-refractivity contribution in [2.24, 2.45) is 0 Å². The van der Waals surface area contributed by atoms with Gasteiger partial charge in [0.05, 0.1) is 5.41 Å². The van der Waals surface area contributed by atoms with Crippen LogP contribution in [0.2, 0.25) is 0 Å². The van der Waals surface area contributed by atoms with Crippen molar-refractivity contribution in [1.29, 1.82) is 0 Å². The average Bonchev–Trinajstić information content (AvgIpc) is 3.40. The van der Waals surface area contributed by atoms with E-state index in [9.17, 15) is 0 Å². The molecule has 1 aromatic heterocycles. The average molecular weight is 552 g/mol. The fourth-order valence-corrected chi connectivity index (χ4v) is 6.72. The molecule has 2 aliphatic carbocycles. The van der Waals surface area contributed by atoms with Crippen LogP contribution in [0, 0.1) is 0 Å². The summed E-state index contributed by atoms with van der Waals surface area (Å²) in [5.41, 5.74) is 10.2. The number of aromatic nitrogens is 3. The maximum absolute atomic E-state index is 5.06. The van der Waals surface area contributed by atoms with Gasteiger partial charge in [-0.3, -0.25) is 0 Å². The molecule has 0 radical (unpaired) electrons. The van der Waals surface area contributed by atoms with Crippen LogP contribution in [0.4, 0.5) is 0 Å². The fourth-order valence-electron chi connectivity index (χ4n) is 6.72. The van der Waals surface area contributed by atoms with Crippen molar-refractivity contribution >= 4 is 0 Å². The summed E-state index contributed by atoms with van der Waals surface area (Å²) in [5, 5.41) is 0. The lowest BCUT2D eigenvalue weighted by Crippen LogP contribution is -2.29. The van der Waals surface area contributed by atoms with Gasteiger partial charge >= 0.3 is 0 Å². The van der Waals surface area contributed by atoms with Crippen molar-refractivity contribution in [3.8, 4) is 45.3 Å². The Bertz CT molecular complexity index is 1950. The fraction of sp³-hybridized carbons (Fsp3) is 0.0750. The third kappa shape index (κ3) is 4.16. The Morgan fingerprint density at radius 2 is 1.02 bits per heavy atom. The Labute approximate surface area is 252 Å². The van der Waals surface area contributed by atoms with Crippen LogP contribution in [0.15, 0.2) is 157 Å². The molecule has 0 aliphatic heterocycles. The monoisotopic (exact) mass is 551 g/mol. The van der Waals surface area contributed by atoms with Crippen LogP contribution >= 0.6 is 0 Å². The lowest BCUT2D eigenvalue weighted by Gasteiger charge is -2.35. The van der Waals surface area contributed by atoms with Gasteiger partial charge in [0.1, 0.15) is 0 Å². The minimum Gasteiger partial charge on any atom is -0.208 e. The molecule has 204 valence electrons. The molecule has 0 fully saturated rings. The van der Waals surface area contributed by atoms with Crippen LogP contribution in [0.3, 0.4) is 0 Å². The van der Waals surface area contributed by atoms with Crippen molar-refractivity contribution in [2.45, 2.75) is 18.3 Å². The van der Waals surface area contributed by atoms with E-state index in [1.807, 2.05) is 36.4 Å². The summed E-state index contributed by atoms with van der Waals surface area (Å²) in [6, 6.07) is 46.9. The van der Waals surface area contributed by atoms with Crippen LogP contribution in [-0.2, 0) is 5.41 Å². The molecule has 2 aliphatic rings. The number of allylic oxidation sites excluding steroid dienone is 4. The Morgan fingerprint density at radius 1 is 0.465 bits per heavy atom. The van der Waals surface area contributed by atoms with E-state index >= 15 is 0 Å². The zero-order valence-electron chi connectivity index (χ0n) is 23.7. The minimum atomic E-state index is -0.433. The number of hydrogen-bond acceptors (Lipinski definition) is 3. The molecular weight excluding hydrogens is 522 g/mol. The predicted octanol–water partition coefficient (Wildman–Crippen LogP) is 9.46. The molecule has 0 spiro atoms. The van der Waals surface area contributed by atoms with Gasteiger partial charge < -0.3 is 0 Å². The molecule has 0 saturated carbocycles. The Hall–Kier alpha value is -5.41. The zero-order valence-corrected chi connectivity index (χ0v) is 23.7. The number of hydrogen-bond donors (Lipinski definition) is 0. The highest BCUT2D eigenvalue weighted by atomic mass is 15.0. The van der Waals surface area contributed by atoms with E-state index in [-0.39, 0.29) is 0 Å². The van der Waals surface area contributed by atoms with Gasteiger partial charge in [-0.1, -0.05) is 146 Å². The summed E-state index contributed by atoms with van der Waals surface area (Å²) in [6.45, 7) is 0. The first kappa shape index (κ1) is 25.3. The highest BCUT2D eigenvalue weighted by Gasteiger charge is 2.46. The smallest absolute Gasteiger partial charge is 0.164 e. The van der Waals surface area contributed by atoms with Gasteiger partial charge in [-0.05, 0) is 52.3 Å². The van der Waals surface area contributed by atoms with Gasteiger partial charge in [-0.25, -0.2) is 15.0 Å². The van der Waals surface area contributed by atoms with Crippen molar-refractivity contribution in [2.75, 3.05) is 0 Å². The summed E-state index contributed by atoms with van der Waals surface area (Å²) in [7, 11) is 0. The van der Waals surface area contributed by atoms with E-state index in [2.05, 4.69) is 115 Å². The molecule has 1 atom stereocenters. The molecular formula is C40H29N3. The number of benzene rings is 5. The van der Waals surface area contributed by atoms with E-state index in [0.717, 1.165) is 29.5 Å². The van der Waals surface area contributed by atoms with Crippen LogP contribution in [0.1, 0.15) is 29.5 Å². The van der Waals surface area contributed by atoms with Crippen molar-refractivity contribution in [3.05, 3.63) is 174 Å². The van der Waals surface area contributed by atoms with Crippen LogP contribution in [0.5, 0.6) is 0 Å². The second-order valence-electron chi connectivity index (χ2n) is 11.1. The van der Waals surface area contributed by atoms with E-state index in [4.69, 9.17) is 15.0 Å². The largest absolute Gasteiger partial charge is 0.208 e. The third-order valence-electron chi connectivity index (χ3n) is 8.64. The predicted molar refractivity (Wildman–Crippen MR) is 174 cm³/mol. The lowest BCUT2D eigenvalue weighted by molar-refractivity contribution is 0.751. The molecule has 0 N–H and O–H groups in total. The van der Waals surface area contributed by atoms with Gasteiger partial charge in [0, 0.05) is 16.7 Å². The summed E-state index contributed by atoms with van der Waals surface area (Å²) in [6.07, 6.45) is 9.17. The third-order valence-corrected chi connectivity index (χ3v) is 8.64. The Balaban J connectivity index is 1.39. The number of fused-ring (bicyclic) bond motifs is 3. The summed E-state index contributed by atoms with van der Waals surface area (Å²) in [5.74, 6) is 2.00. The maximum Gasteiger partial charge on any atom is 0.164 e. The Kier molecular flexibility index (Phi) is 6.15. The minimum absolute atomic E-state index is 0.433. The molecule has 0 saturated heterocycles. The molecule has 3 nitrogen and oxygen atoms in total. The van der Waals surface area contributed by atoms with Gasteiger partial charge in [-0.2, -0.15) is 0 Å². The van der Waals surface area contributed by atoms with Crippen LogP contribution in [-0.4, -0.2) is 15.0 Å². The van der Waals surface area contributed by atoms with Crippen LogP contribution in [0.25, 0.3) is 45.3 Å². The van der Waals surface area contributed by atoms with E-state index in [0.29, 0.717) is 17.5 Å². The summed E-state index contributed by atoms with van der Waals surface area (Å²) in [4.78, 5) is 15.0. The Morgan fingerprint density at radius 3 is 1.65 bits per heavy atom. The normalized spacial score (nSPS) is 16.8. The topological polar surface area (TPSA) is 38.7 Å². The molecule has 5 aromatic carbocycles. The molecule has 1 unspecified atom stereocenters. The molecule has 0 amide bonds. The summed E-state index contributed by atoms with van der Waals surface area (Å²) >= 11 is 0. The quantitative estimate of drug-likeness (QED) is 0.214. The van der Waals surface area contributed by atoms with Gasteiger partial charge in [0.2, 0.25) is 0 Å². The molecule has 3 heteroatoms. The highest BCUT2D eigenvalue weighted by molar-refractivity contribution is 5.88. The first-order chi connectivity index (χ1) is 21.3. The molecule has 1 heterocycles. The molecule has 6 aromatic rings. The van der Waals surface area contributed by atoms with E-state index in [1.54, 1.807) is 0 Å². The second-order valence-corrected chi connectivity index (χ2v) is 11.1. The van der Waals surface area contributed by atoms with Gasteiger partial charge in [0.25, 0.3) is 0 Å². The standard InChI is InChI=1S/C40H29N3/c1-5-15-28(16-6-1)37-41-38(29-17-7-2-8-18-29)43-39(42-37)30-25-26-34-33-23-13-14-24-35(33)40(36(34)27-30,31-19-9-3-10-20-31)32-21-11-4-12-22-32/h1-3,5-11,13-27H,4,12H2. The number of rotatable bonds is 5. The van der Waals surface area contributed by atoms with E-state index < -0.39 is 5.41 Å². The van der Waals surface area contributed by atoms with Crippen molar-refractivity contribution in [1.82, 2.24) is 15.0 Å². The molecule has 8 rings (SSSR count). The lowest BCUT2D eigenvalue weighted by atomic mass is 9.66. The van der Waals surface area contributed by atoms with Crippen LogP contribution < -0.4 is 0 Å². The maximum atomic E-state index is 5.06. The molecule has 0 bridgehead atoms. The number of nitrogens with zero attached hydrogens (tertiary/aromatic N) is 3. The highest BCUT2D eigenvalue weighted by Crippen LogP contribution is 2.57. The molecule has 43 heavy (non-hydrogen) atoms.